The van der Waals surface area contributed by atoms with E-state index < -0.39 is 0 Å². The smallest absolute Gasteiger partial charge is 0.000561 e. The van der Waals surface area contributed by atoms with Gasteiger partial charge in [-0.3, -0.25) is 0 Å². The molecule has 0 spiro atoms. The first-order valence-electron chi connectivity index (χ1n) is 4.33. The van der Waals surface area contributed by atoms with Crippen LogP contribution in [0.2, 0.25) is 0 Å². The minimum absolute atomic E-state index is 0.646. The molecule has 1 heteroatoms. The van der Waals surface area contributed by atoms with Gasteiger partial charge in [-0.05, 0) is 30.1 Å². The van der Waals surface area contributed by atoms with Crippen LogP contribution in [-0.4, -0.2) is 13.1 Å². The minimum Gasteiger partial charge on any atom is -0.316 e. The summed E-state index contributed by atoms with van der Waals surface area (Å²) in [6, 6.07) is 0. The van der Waals surface area contributed by atoms with Crippen LogP contribution >= 0.6 is 0 Å². The van der Waals surface area contributed by atoms with E-state index in [-0.39, 0.29) is 0 Å². The molecule has 2 unspecified atom stereocenters. The van der Waals surface area contributed by atoms with Gasteiger partial charge < -0.3 is 5.32 Å². The van der Waals surface area contributed by atoms with Gasteiger partial charge in [-0.25, -0.2) is 0 Å². The predicted molar refractivity (Wildman–Crippen MR) is 42.9 cm³/mol. The second-order valence-electron chi connectivity index (χ2n) is 4.90. The van der Waals surface area contributed by atoms with Crippen molar-refractivity contribution in [3.63, 3.8) is 0 Å². The Morgan fingerprint density at radius 2 is 1.50 bits per heavy atom. The lowest BCUT2D eigenvalue weighted by atomic mass is 9.79. The normalized spacial score (nSPS) is 53.4. The van der Waals surface area contributed by atoms with Crippen molar-refractivity contribution in [2.45, 2.75) is 33.1 Å². The maximum absolute atomic E-state index is 3.53. The van der Waals surface area contributed by atoms with Crippen molar-refractivity contribution in [3.8, 4) is 0 Å². The highest BCUT2D eigenvalue weighted by Crippen LogP contribution is 2.50. The summed E-state index contributed by atoms with van der Waals surface area (Å²) >= 11 is 0. The quantitative estimate of drug-likeness (QED) is 0.539. The number of rotatable bonds is 0. The lowest BCUT2D eigenvalue weighted by Crippen LogP contribution is -2.41. The molecule has 1 N–H and O–H groups in total. The van der Waals surface area contributed by atoms with Gasteiger partial charge in [0.05, 0.1) is 0 Å². The molecular formula is C9H17N. The van der Waals surface area contributed by atoms with Crippen LogP contribution in [0.25, 0.3) is 0 Å². The molecule has 10 heavy (non-hydrogen) atoms. The fourth-order valence-electron chi connectivity index (χ4n) is 2.78. The van der Waals surface area contributed by atoms with Crippen molar-refractivity contribution in [2.24, 2.45) is 10.8 Å². The third kappa shape index (κ3) is 0.878. The van der Waals surface area contributed by atoms with Gasteiger partial charge in [-0.15, -0.1) is 0 Å². The summed E-state index contributed by atoms with van der Waals surface area (Å²) in [6.45, 7) is 7.35. The Hall–Kier alpha value is -0.0400. The van der Waals surface area contributed by atoms with Gasteiger partial charge in [0.25, 0.3) is 0 Å². The number of fused-ring (bicyclic) bond motifs is 2. The molecular weight excluding hydrogens is 122 g/mol. The molecule has 1 saturated heterocycles. The molecule has 2 fully saturated rings. The van der Waals surface area contributed by atoms with Gasteiger partial charge in [0.1, 0.15) is 0 Å². The van der Waals surface area contributed by atoms with Gasteiger partial charge >= 0.3 is 0 Å². The molecule has 1 saturated carbocycles. The van der Waals surface area contributed by atoms with Crippen LogP contribution in [0.3, 0.4) is 0 Å². The molecule has 2 aliphatic rings. The van der Waals surface area contributed by atoms with E-state index in [4.69, 9.17) is 0 Å². The summed E-state index contributed by atoms with van der Waals surface area (Å²) in [6.07, 6.45) is 4.33. The van der Waals surface area contributed by atoms with E-state index in [0.717, 1.165) is 0 Å². The zero-order valence-electron chi connectivity index (χ0n) is 7.04. The maximum Gasteiger partial charge on any atom is 0.000561 e. The fourth-order valence-corrected chi connectivity index (χ4v) is 2.78. The van der Waals surface area contributed by atoms with E-state index in [1.807, 2.05) is 0 Å². The molecule has 0 aromatic carbocycles. The summed E-state index contributed by atoms with van der Waals surface area (Å²) in [5.41, 5.74) is 1.29. The second kappa shape index (κ2) is 1.76. The van der Waals surface area contributed by atoms with Gasteiger partial charge in [0.15, 0.2) is 0 Å². The molecule has 1 aliphatic carbocycles. The van der Waals surface area contributed by atoms with Crippen molar-refractivity contribution in [2.75, 3.05) is 13.1 Å². The summed E-state index contributed by atoms with van der Waals surface area (Å²) in [5, 5.41) is 3.53. The third-order valence-corrected chi connectivity index (χ3v) is 3.29. The highest BCUT2D eigenvalue weighted by molar-refractivity contribution is 4.99. The molecule has 2 bridgehead atoms. The molecule has 0 aromatic heterocycles. The molecule has 2 atom stereocenters. The van der Waals surface area contributed by atoms with Crippen molar-refractivity contribution in [1.82, 2.24) is 5.32 Å². The molecule has 0 amide bonds. The van der Waals surface area contributed by atoms with Crippen LogP contribution in [0.5, 0.6) is 0 Å². The monoisotopic (exact) mass is 139 g/mol. The van der Waals surface area contributed by atoms with E-state index in [9.17, 15) is 0 Å². The Morgan fingerprint density at radius 3 is 1.90 bits per heavy atom. The zero-order chi connectivity index (χ0) is 7.24. The first kappa shape index (κ1) is 6.66. The van der Waals surface area contributed by atoms with Gasteiger partial charge in [0.2, 0.25) is 0 Å². The van der Waals surface area contributed by atoms with Crippen LogP contribution in [0.15, 0.2) is 0 Å². The third-order valence-electron chi connectivity index (χ3n) is 3.29. The Morgan fingerprint density at radius 1 is 1.00 bits per heavy atom. The van der Waals surface area contributed by atoms with Crippen molar-refractivity contribution >= 4 is 0 Å². The molecule has 0 aromatic rings. The lowest BCUT2D eigenvalue weighted by Gasteiger charge is -2.35. The molecule has 0 radical (unpaired) electrons. The highest BCUT2D eigenvalue weighted by Gasteiger charge is 2.45. The van der Waals surface area contributed by atoms with Crippen molar-refractivity contribution < 1.29 is 0 Å². The Kier molecular flexibility index (Phi) is 1.17. The number of hydrogen-bond acceptors (Lipinski definition) is 1. The molecule has 1 heterocycles. The fraction of sp³-hybridized carbons (Fsp3) is 1.00. The SMILES string of the molecule is CC12CCC(C)(CNC1)C2. The van der Waals surface area contributed by atoms with Gasteiger partial charge in [0, 0.05) is 13.1 Å². The van der Waals surface area contributed by atoms with E-state index in [0.29, 0.717) is 10.8 Å². The van der Waals surface area contributed by atoms with Gasteiger partial charge in [-0.1, -0.05) is 13.8 Å². The van der Waals surface area contributed by atoms with Crippen LogP contribution in [-0.2, 0) is 0 Å². The van der Waals surface area contributed by atoms with Gasteiger partial charge in [-0.2, -0.15) is 0 Å². The Labute approximate surface area is 63.2 Å². The van der Waals surface area contributed by atoms with E-state index in [1.165, 1.54) is 32.4 Å². The largest absolute Gasteiger partial charge is 0.316 e. The lowest BCUT2D eigenvalue weighted by molar-refractivity contribution is 0.192. The average Bonchev–Trinajstić information content (AvgIpc) is 2.03. The maximum atomic E-state index is 3.53. The second-order valence-corrected chi connectivity index (χ2v) is 4.90. The Balaban J connectivity index is 2.20. The molecule has 58 valence electrons. The van der Waals surface area contributed by atoms with Crippen LogP contribution in [0.1, 0.15) is 33.1 Å². The first-order chi connectivity index (χ1) is 4.62. The average molecular weight is 139 g/mol. The standard InChI is InChI=1S/C9H17N/c1-8-3-4-9(2,5-8)7-10-6-8/h10H,3-7H2,1-2H3. The summed E-state index contributed by atoms with van der Waals surface area (Å²) in [4.78, 5) is 0. The van der Waals surface area contributed by atoms with Crippen LogP contribution in [0, 0.1) is 10.8 Å². The molecule has 1 nitrogen and oxygen atoms in total. The topological polar surface area (TPSA) is 12.0 Å². The van der Waals surface area contributed by atoms with E-state index in [1.54, 1.807) is 0 Å². The number of piperidine rings is 1. The summed E-state index contributed by atoms with van der Waals surface area (Å²) < 4.78 is 0. The van der Waals surface area contributed by atoms with Crippen LogP contribution < -0.4 is 5.32 Å². The number of nitrogens with one attached hydrogen (secondary N) is 1. The Bertz CT molecular complexity index is 139. The number of hydrogen-bond donors (Lipinski definition) is 1. The predicted octanol–water partition coefficient (Wildman–Crippen LogP) is 1.79. The molecule has 1 aliphatic heterocycles. The van der Waals surface area contributed by atoms with Crippen molar-refractivity contribution in [1.29, 1.82) is 0 Å². The summed E-state index contributed by atoms with van der Waals surface area (Å²) in [7, 11) is 0. The zero-order valence-corrected chi connectivity index (χ0v) is 7.04. The van der Waals surface area contributed by atoms with E-state index >= 15 is 0 Å². The highest BCUT2D eigenvalue weighted by atomic mass is 14.9. The van der Waals surface area contributed by atoms with E-state index in [2.05, 4.69) is 19.2 Å². The molecule has 2 rings (SSSR count). The van der Waals surface area contributed by atoms with Crippen molar-refractivity contribution in [3.05, 3.63) is 0 Å². The van der Waals surface area contributed by atoms with Crippen LogP contribution in [0.4, 0.5) is 0 Å². The minimum atomic E-state index is 0.646. The summed E-state index contributed by atoms with van der Waals surface area (Å²) in [5.74, 6) is 0. The first-order valence-corrected chi connectivity index (χ1v) is 4.33.